The number of thiazole rings is 1. The fourth-order valence-electron chi connectivity index (χ4n) is 1.99. The first-order chi connectivity index (χ1) is 10.6. The zero-order chi connectivity index (χ0) is 15.5. The van der Waals surface area contributed by atoms with Crippen LogP contribution in [0.5, 0.6) is 0 Å². The lowest BCUT2D eigenvalue weighted by molar-refractivity contribution is 0.0951. The zero-order valence-electron chi connectivity index (χ0n) is 11.8. The third-order valence-electron chi connectivity index (χ3n) is 3.04. The number of carbonyl (C=O) groups excluding carboxylic acids is 1. The van der Waals surface area contributed by atoms with Crippen LogP contribution in [0.25, 0.3) is 10.6 Å². The summed E-state index contributed by atoms with van der Waals surface area (Å²) in [6, 6.07) is 9.64. The number of rotatable bonds is 4. The Morgan fingerprint density at radius 1 is 1.32 bits per heavy atom. The molecule has 0 bridgehead atoms. The van der Waals surface area contributed by atoms with E-state index in [4.69, 9.17) is 0 Å². The molecule has 22 heavy (non-hydrogen) atoms. The molecule has 0 radical (unpaired) electrons. The number of carbonyl (C=O) groups is 1. The highest BCUT2D eigenvalue weighted by Gasteiger charge is 2.09. The molecule has 0 aliphatic heterocycles. The zero-order valence-corrected chi connectivity index (χ0v) is 13.4. The molecule has 0 saturated carbocycles. The van der Waals surface area contributed by atoms with E-state index in [1.54, 1.807) is 28.7 Å². The van der Waals surface area contributed by atoms with E-state index in [-0.39, 0.29) is 5.91 Å². The van der Waals surface area contributed by atoms with Gasteiger partial charge in [0.2, 0.25) is 0 Å². The lowest BCUT2D eigenvalue weighted by atomic mass is 10.2. The van der Waals surface area contributed by atoms with Crippen molar-refractivity contribution in [2.45, 2.75) is 13.5 Å². The quantitative estimate of drug-likeness (QED) is 0.776. The average Bonchev–Trinajstić information content (AvgIpc) is 3.13. The Labute approximate surface area is 135 Å². The molecule has 3 nitrogen and oxygen atoms in total. The normalized spacial score (nSPS) is 10.6. The van der Waals surface area contributed by atoms with E-state index in [0.717, 1.165) is 20.5 Å². The van der Waals surface area contributed by atoms with Gasteiger partial charge in [0.1, 0.15) is 5.82 Å². The highest BCUT2D eigenvalue weighted by atomic mass is 32.1. The second-order valence-corrected chi connectivity index (χ2v) is 6.94. The van der Waals surface area contributed by atoms with Crippen molar-refractivity contribution < 1.29 is 9.18 Å². The van der Waals surface area contributed by atoms with Crippen LogP contribution in [0.4, 0.5) is 4.39 Å². The maximum absolute atomic E-state index is 13.1. The highest BCUT2D eigenvalue weighted by Crippen LogP contribution is 2.28. The Bertz CT molecular complexity index is 810. The Morgan fingerprint density at radius 3 is 2.91 bits per heavy atom. The van der Waals surface area contributed by atoms with Crippen molar-refractivity contribution in [1.29, 1.82) is 0 Å². The van der Waals surface area contributed by atoms with Gasteiger partial charge in [0.15, 0.2) is 0 Å². The van der Waals surface area contributed by atoms with Gasteiger partial charge in [-0.1, -0.05) is 6.07 Å². The van der Waals surface area contributed by atoms with Gasteiger partial charge in [0.25, 0.3) is 5.91 Å². The molecule has 2 aromatic heterocycles. The van der Waals surface area contributed by atoms with Gasteiger partial charge in [-0.15, -0.1) is 22.7 Å². The number of hydrogen-bond acceptors (Lipinski definition) is 4. The Kier molecular flexibility index (Phi) is 4.31. The van der Waals surface area contributed by atoms with Crippen LogP contribution >= 0.6 is 22.7 Å². The van der Waals surface area contributed by atoms with Crippen LogP contribution in [0.3, 0.4) is 0 Å². The van der Waals surface area contributed by atoms with Gasteiger partial charge in [0.05, 0.1) is 22.1 Å². The number of benzene rings is 1. The van der Waals surface area contributed by atoms with Crippen molar-refractivity contribution in [2.24, 2.45) is 0 Å². The molecule has 2 heterocycles. The average molecular weight is 332 g/mol. The van der Waals surface area contributed by atoms with Crippen LogP contribution in [-0.4, -0.2) is 10.9 Å². The summed E-state index contributed by atoms with van der Waals surface area (Å²) in [6.45, 7) is 2.39. The van der Waals surface area contributed by atoms with Crippen molar-refractivity contribution >= 4 is 28.6 Å². The number of nitrogens with one attached hydrogen (secondary N) is 1. The van der Waals surface area contributed by atoms with Gasteiger partial charge in [0, 0.05) is 15.8 Å². The van der Waals surface area contributed by atoms with E-state index in [2.05, 4.69) is 10.3 Å². The largest absolute Gasteiger partial charge is 0.347 e. The third kappa shape index (κ3) is 3.40. The van der Waals surface area contributed by atoms with Crippen LogP contribution in [-0.2, 0) is 6.54 Å². The minimum atomic E-state index is -0.412. The number of amides is 1. The van der Waals surface area contributed by atoms with Crippen molar-refractivity contribution in [3.63, 3.8) is 0 Å². The van der Waals surface area contributed by atoms with E-state index < -0.39 is 5.82 Å². The van der Waals surface area contributed by atoms with Gasteiger partial charge in [-0.2, -0.15) is 0 Å². The fraction of sp³-hybridized carbons (Fsp3) is 0.125. The molecule has 1 aromatic carbocycles. The van der Waals surface area contributed by atoms with Crippen LogP contribution in [0.2, 0.25) is 0 Å². The summed E-state index contributed by atoms with van der Waals surface area (Å²) in [5.41, 5.74) is 1.29. The maximum atomic E-state index is 13.1. The van der Waals surface area contributed by atoms with Crippen LogP contribution in [0.15, 0.2) is 41.8 Å². The molecular weight excluding hydrogens is 319 g/mol. The van der Waals surface area contributed by atoms with Crippen molar-refractivity contribution in [3.8, 4) is 10.6 Å². The summed E-state index contributed by atoms with van der Waals surface area (Å²) in [4.78, 5) is 18.5. The number of halogens is 1. The summed E-state index contributed by atoms with van der Waals surface area (Å²) in [7, 11) is 0. The molecule has 0 atom stereocenters. The minimum Gasteiger partial charge on any atom is -0.347 e. The summed E-state index contributed by atoms with van der Waals surface area (Å²) >= 11 is 3.21. The topological polar surface area (TPSA) is 42.0 Å². The minimum absolute atomic E-state index is 0.279. The van der Waals surface area contributed by atoms with Crippen LogP contribution < -0.4 is 5.32 Å². The monoisotopic (exact) mass is 332 g/mol. The van der Waals surface area contributed by atoms with Crippen LogP contribution in [0, 0.1) is 12.7 Å². The Morgan fingerprint density at radius 2 is 2.18 bits per heavy atom. The second-order valence-electron chi connectivity index (χ2n) is 4.71. The number of nitrogens with zero attached hydrogens (tertiary/aromatic N) is 1. The van der Waals surface area contributed by atoms with Gasteiger partial charge >= 0.3 is 0 Å². The van der Waals surface area contributed by atoms with E-state index in [9.17, 15) is 9.18 Å². The highest BCUT2D eigenvalue weighted by molar-refractivity contribution is 7.16. The smallest absolute Gasteiger partial charge is 0.251 e. The molecule has 0 fully saturated rings. The van der Waals surface area contributed by atoms with Crippen molar-refractivity contribution in [2.75, 3.05) is 0 Å². The first-order valence-corrected chi connectivity index (χ1v) is 8.36. The van der Waals surface area contributed by atoms with Gasteiger partial charge < -0.3 is 5.32 Å². The number of aryl methyl sites for hydroxylation is 1. The standard InChI is InChI=1S/C16H13FN2OS2/c1-10-19-14(9-21-10)15-6-5-13(22-15)8-18-16(20)11-3-2-4-12(17)7-11/h2-7,9H,8H2,1H3,(H,18,20). The Hall–Kier alpha value is -2.05. The first kappa shape index (κ1) is 14.9. The number of aromatic nitrogens is 1. The van der Waals surface area contributed by atoms with Gasteiger partial charge in [-0.05, 0) is 37.3 Å². The SMILES string of the molecule is Cc1nc(-c2ccc(CNC(=O)c3cccc(F)c3)s2)cs1. The molecule has 0 spiro atoms. The molecule has 6 heteroatoms. The number of thiophene rings is 1. The predicted molar refractivity (Wildman–Crippen MR) is 87.7 cm³/mol. The van der Waals surface area contributed by atoms with Crippen LogP contribution in [0.1, 0.15) is 20.2 Å². The molecule has 1 amide bonds. The second kappa shape index (κ2) is 6.37. The van der Waals surface area contributed by atoms with Gasteiger partial charge in [-0.25, -0.2) is 9.37 Å². The first-order valence-electron chi connectivity index (χ1n) is 6.67. The molecule has 3 rings (SSSR count). The molecule has 112 valence electrons. The summed E-state index contributed by atoms with van der Waals surface area (Å²) in [6.07, 6.45) is 0. The molecule has 0 saturated heterocycles. The molecule has 0 aliphatic rings. The third-order valence-corrected chi connectivity index (χ3v) is 4.92. The molecule has 0 unspecified atom stereocenters. The molecule has 3 aromatic rings. The molecule has 0 aliphatic carbocycles. The molecule has 1 N–H and O–H groups in total. The molecular formula is C16H13FN2OS2. The summed E-state index contributed by atoms with van der Waals surface area (Å²) in [5, 5.41) is 5.86. The lowest BCUT2D eigenvalue weighted by Gasteiger charge is -2.03. The van der Waals surface area contributed by atoms with E-state index >= 15 is 0 Å². The van der Waals surface area contributed by atoms with Crippen molar-refractivity contribution in [3.05, 3.63) is 63.0 Å². The summed E-state index contributed by atoms with van der Waals surface area (Å²) < 4.78 is 13.1. The van der Waals surface area contributed by atoms with E-state index in [1.807, 2.05) is 24.4 Å². The van der Waals surface area contributed by atoms with E-state index in [0.29, 0.717) is 12.1 Å². The summed E-state index contributed by atoms with van der Waals surface area (Å²) in [5.74, 6) is -0.691. The fourth-order valence-corrected chi connectivity index (χ4v) is 3.58. The lowest BCUT2D eigenvalue weighted by Crippen LogP contribution is -2.22. The Balaban J connectivity index is 1.65. The van der Waals surface area contributed by atoms with Crippen molar-refractivity contribution in [1.82, 2.24) is 10.3 Å². The van der Waals surface area contributed by atoms with Gasteiger partial charge in [-0.3, -0.25) is 4.79 Å². The number of hydrogen-bond donors (Lipinski definition) is 1. The van der Waals surface area contributed by atoms with E-state index in [1.165, 1.54) is 18.2 Å². The predicted octanol–water partition coefficient (Wildman–Crippen LogP) is 4.25. The maximum Gasteiger partial charge on any atom is 0.251 e.